The summed E-state index contributed by atoms with van der Waals surface area (Å²) >= 11 is 0. The van der Waals surface area contributed by atoms with Gasteiger partial charge in [-0.3, -0.25) is 4.79 Å². The smallest absolute Gasteiger partial charge is 0.161 e. The van der Waals surface area contributed by atoms with Gasteiger partial charge in [0.15, 0.2) is 5.78 Å². The van der Waals surface area contributed by atoms with Crippen LogP contribution >= 0.6 is 0 Å². The van der Waals surface area contributed by atoms with Crippen molar-refractivity contribution in [1.82, 2.24) is 14.5 Å². The number of carbonyl (C=O) groups excluding carboxylic acids is 1. The van der Waals surface area contributed by atoms with Crippen molar-refractivity contribution in [2.24, 2.45) is 5.92 Å². The van der Waals surface area contributed by atoms with Crippen molar-refractivity contribution in [3.63, 3.8) is 0 Å². The van der Waals surface area contributed by atoms with Gasteiger partial charge in [0.2, 0.25) is 0 Å². The summed E-state index contributed by atoms with van der Waals surface area (Å²) in [6.07, 6.45) is 10.7. The molecule has 1 saturated carbocycles. The summed E-state index contributed by atoms with van der Waals surface area (Å²) in [7, 11) is 0. The molecule has 0 radical (unpaired) electrons. The Bertz CT molecular complexity index is 623. The first kappa shape index (κ1) is 13.3. The lowest BCUT2D eigenvalue weighted by molar-refractivity contribution is -0.132. The van der Waals surface area contributed by atoms with Gasteiger partial charge < -0.3 is 4.57 Å². The molecule has 4 nitrogen and oxygen atoms in total. The molecule has 2 aromatic heterocycles. The Morgan fingerprint density at radius 1 is 1.30 bits per heavy atom. The van der Waals surface area contributed by atoms with Gasteiger partial charge in [0.05, 0.1) is 17.2 Å². The molecule has 0 aliphatic heterocycles. The molecule has 4 heteroatoms. The Kier molecular flexibility index (Phi) is 3.32. The molecule has 0 spiro atoms. The first-order valence-electron chi connectivity index (χ1n) is 7.47. The predicted molar refractivity (Wildman–Crippen MR) is 78.4 cm³/mol. The first-order chi connectivity index (χ1) is 9.65. The molecule has 0 atom stereocenters. The lowest BCUT2D eigenvalue weighted by Crippen LogP contribution is -2.45. The van der Waals surface area contributed by atoms with Gasteiger partial charge in [-0.15, -0.1) is 0 Å². The van der Waals surface area contributed by atoms with Crippen LogP contribution in [0, 0.1) is 5.92 Å². The number of Topliss-reactive ketones (excluding diaryl/α,β-unsaturated/α-hetero) is 1. The minimum atomic E-state index is -0.390. The van der Waals surface area contributed by atoms with E-state index in [4.69, 9.17) is 0 Å². The molecule has 2 aromatic rings. The highest BCUT2D eigenvalue weighted by Gasteiger charge is 2.42. The monoisotopic (exact) mass is 271 g/mol. The topological polar surface area (TPSA) is 47.8 Å². The van der Waals surface area contributed by atoms with E-state index in [9.17, 15) is 4.79 Å². The van der Waals surface area contributed by atoms with E-state index in [2.05, 4.69) is 14.5 Å². The number of fused-ring (bicyclic) bond motifs is 1. The van der Waals surface area contributed by atoms with Crippen LogP contribution in [0.25, 0.3) is 11.0 Å². The van der Waals surface area contributed by atoms with Gasteiger partial charge in [-0.1, -0.05) is 33.1 Å². The van der Waals surface area contributed by atoms with Crippen LogP contribution in [0.15, 0.2) is 24.8 Å². The number of aromatic nitrogens is 3. The molecule has 1 aliphatic rings. The van der Waals surface area contributed by atoms with Gasteiger partial charge in [0.25, 0.3) is 0 Å². The van der Waals surface area contributed by atoms with E-state index in [1.54, 1.807) is 6.33 Å². The average molecular weight is 271 g/mol. The van der Waals surface area contributed by atoms with Crippen LogP contribution < -0.4 is 0 Å². The number of hydrogen-bond donors (Lipinski definition) is 0. The zero-order valence-electron chi connectivity index (χ0n) is 12.2. The fourth-order valence-electron chi connectivity index (χ4n) is 3.52. The standard InChI is InChI=1S/C16H21N3O/c1-12(2)15(20)16(7-4-3-5-8-16)19-9-6-13-14(19)10-17-11-18-13/h6,9-12H,3-5,7-8H2,1-2H3. The fraction of sp³-hybridized carbons (Fsp3) is 0.562. The van der Waals surface area contributed by atoms with Gasteiger partial charge in [-0.05, 0) is 18.9 Å². The van der Waals surface area contributed by atoms with Crippen molar-refractivity contribution in [2.75, 3.05) is 0 Å². The summed E-state index contributed by atoms with van der Waals surface area (Å²) < 4.78 is 2.14. The van der Waals surface area contributed by atoms with Crippen LogP contribution in [0.3, 0.4) is 0 Å². The van der Waals surface area contributed by atoms with Crippen LogP contribution in [0.4, 0.5) is 0 Å². The average Bonchev–Trinajstić information content (AvgIpc) is 2.91. The van der Waals surface area contributed by atoms with Crippen molar-refractivity contribution in [3.05, 3.63) is 24.8 Å². The molecule has 2 heterocycles. The number of rotatable bonds is 3. The van der Waals surface area contributed by atoms with Crippen LogP contribution in [-0.2, 0) is 10.3 Å². The van der Waals surface area contributed by atoms with Gasteiger partial charge in [-0.2, -0.15) is 0 Å². The Labute approximate surface area is 119 Å². The first-order valence-corrected chi connectivity index (χ1v) is 7.47. The molecule has 20 heavy (non-hydrogen) atoms. The molecule has 0 N–H and O–H groups in total. The second kappa shape index (κ2) is 5.00. The zero-order valence-corrected chi connectivity index (χ0v) is 12.2. The fourth-order valence-corrected chi connectivity index (χ4v) is 3.52. The maximum atomic E-state index is 12.9. The Morgan fingerprint density at radius 2 is 2.05 bits per heavy atom. The Balaban J connectivity index is 2.16. The third kappa shape index (κ3) is 1.94. The van der Waals surface area contributed by atoms with Crippen molar-refractivity contribution in [1.29, 1.82) is 0 Å². The third-order valence-electron chi connectivity index (χ3n) is 4.49. The largest absolute Gasteiger partial charge is 0.332 e. The maximum Gasteiger partial charge on any atom is 0.161 e. The van der Waals surface area contributed by atoms with Gasteiger partial charge in [0, 0.05) is 12.1 Å². The van der Waals surface area contributed by atoms with Crippen LogP contribution in [0.1, 0.15) is 46.0 Å². The summed E-state index contributed by atoms with van der Waals surface area (Å²) in [4.78, 5) is 21.3. The lowest BCUT2D eigenvalue weighted by Gasteiger charge is -2.39. The van der Waals surface area contributed by atoms with E-state index in [0.29, 0.717) is 5.78 Å². The van der Waals surface area contributed by atoms with Crippen LogP contribution in [-0.4, -0.2) is 20.3 Å². The summed E-state index contributed by atoms with van der Waals surface area (Å²) in [5, 5.41) is 0. The summed E-state index contributed by atoms with van der Waals surface area (Å²) in [5.74, 6) is 0.397. The zero-order chi connectivity index (χ0) is 14.2. The molecule has 3 rings (SSSR count). The van der Waals surface area contributed by atoms with Gasteiger partial charge >= 0.3 is 0 Å². The van der Waals surface area contributed by atoms with Gasteiger partial charge in [-0.25, -0.2) is 9.97 Å². The quantitative estimate of drug-likeness (QED) is 0.860. The Morgan fingerprint density at radius 3 is 2.75 bits per heavy atom. The molecule has 1 fully saturated rings. The minimum Gasteiger partial charge on any atom is -0.332 e. The van der Waals surface area contributed by atoms with Crippen molar-refractivity contribution in [3.8, 4) is 0 Å². The highest BCUT2D eigenvalue weighted by atomic mass is 16.1. The van der Waals surface area contributed by atoms with Crippen molar-refractivity contribution >= 4 is 16.8 Å². The molecular weight excluding hydrogens is 250 g/mol. The highest BCUT2D eigenvalue weighted by Crippen LogP contribution is 2.39. The molecule has 0 unspecified atom stereocenters. The van der Waals surface area contributed by atoms with Crippen LogP contribution in [0.5, 0.6) is 0 Å². The molecule has 0 aromatic carbocycles. The van der Waals surface area contributed by atoms with E-state index in [-0.39, 0.29) is 11.5 Å². The van der Waals surface area contributed by atoms with E-state index in [1.165, 1.54) is 6.42 Å². The Hall–Kier alpha value is -1.71. The van der Waals surface area contributed by atoms with E-state index < -0.39 is 0 Å². The number of hydrogen-bond acceptors (Lipinski definition) is 3. The second-order valence-electron chi connectivity index (χ2n) is 6.09. The van der Waals surface area contributed by atoms with Gasteiger partial charge in [0.1, 0.15) is 11.9 Å². The molecule has 0 amide bonds. The second-order valence-corrected chi connectivity index (χ2v) is 6.09. The SMILES string of the molecule is CC(C)C(=O)C1(n2ccc3ncncc32)CCCCC1. The summed E-state index contributed by atoms with van der Waals surface area (Å²) in [5.41, 5.74) is 1.50. The maximum absolute atomic E-state index is 12.9. The predicted octanol–water partition coefficient (Wildman–Crippen LogP) is 3.32. The van der Waals surface area contributed by atoms with E-state index in [1.807, 2.05) is 32.3 Å². The molecule has 0 saturated heterocycles. The molecular formula is C16H21N3O. The van der Waals surface area contributed by atoms with Crippen molar-refractivity contribution < 1.29 is 4.79 Å². The lowest BCUT2D eigenvalue weighted by atomic mass is 9.75. The van der Waals surface area contributed by atoms with E-state index in [0.717, 1.165) is 36.7 Å². The van der Waals surface area contributed by atoms with Crippen LogP contribution in [0.2, 0.25) is 0 Å². The molecule has 106 valence electrons. The molecule has 1 aliphatic carbocycles. The number of ketones is 1. The number of nitrogens with zero attached hydrogens (tertiary/aromatic N) is 3. The molecule has 0 bridgehead atoms. The van der Waals surface area contributed by atoms with Crippen molar-refractivity contribution in [2.45, 2.75) is 51.5 Å². The summed E-state index contributed by atoms with van der Waals surface area (Å²) in [6, 6.07) is 1.99. The summed E-state index contributed by atoms with van der Waals surface area (Å²) in [6.45, 7) is 4.00. The highest BCUT2D eigenvalue weighted by molar-refractivity contribution is 5.90. The third-order valence-corrected chi connectivity index (χ3v) is 4.49. The number of carbonyl (C=O) groups is 1. The van der Waals surface area contributed by atoms with E-state index >= 15 is 0 Å². The minimum absolute atomic E-state index is 0.0511. The normalized spacial score (nSPS) is 18.6.